The lowest BCUT2D eigenvalue weighted by atomic mass is 10.0. The molecule has 5 rings (SSSR count). The Morgan fingerprint density at radius 3 is 2.29 bits per heavy atom. The molecule has 1 fully saturated rings. The highest BCUT2D eigenvalue weighted by molar-refractivity contribution is 8.00. The number of hydrogen-bond donors (Lipinski definition) is 2. The van der Waals surface area contributed by atoms with Gasteiger partial charge in [-0.3, -0.25) is 14.5 Å². The predicted octanol–water partition coefficient (Wildman–Crippen LogP) is 3.79. The number of aliphatic hydroxyl groups excluding tert-OH is 1. The number of ether oxygens (including phenoxy) is 1. The van der Waals surface area contributed by atoms with Gasteiger partial charge < -0.3 is 15.2 Å². The standard InChI is InChI=1S/C26H22N2O5S2/c29-19-15-35-25-21(27-20(30)14-18-12-7-13-34-18)24(31)28(25)22(19)26(32)33-23(16-8-3-1-4-9-16)17-10-5-2-6-11-17/h1-13,21,23,25,29H,14-15H2,(H,27,30)/t21?,25-/m1/s1. The van der Waals surface area contributed by atoms with E-state index in [1.165, 1.54) is 28.0 Å². The Hall–Kier alpha value is -3.56. The number of β-lactam (4-membered cyclic amide) rings is 1. The van der Waals surface area contributed by atoms with Crippen LogP contribution >= 0.6 is 23.1 Å². The molecule has 7 nitrogen and oxygen atoms in total. The van der Waals surface area contributed by atoms with Crippen LogP contribution in [-0.4, -0.2) is 45.0 Å². The molecular formula is C26H22N2O5S2. The molecule has 1 saturated heterocycles. The third-order valence-electron chi connectivity index (χ3n) is 5.80. The third kappa shape index (κ3) is 4.69. The summed E-state index contributed by atoms with van der Waals surface area (Å²) in [5, 5.41) is 14.7. The average molecular weight is 507 g/mol. The minimum absolute atomic E-state index is 0.136. The second-order valence-corrected chi connectivity index (χ2v) is 10.3. The number of nitrogens with zero attached hydrogens (tertiary/aromatic N) is 1. The largest absolute Gasteiger partial charge is 0.509 e. The van der Waals surface area contributed by atoms with Crippen LogP contribution in [0.5, 0.6) is 0 Å². The molecule has 2 aromatic carbocycles. The van der Waals surface area contributed by atoms with Gasteiger partial charge in [0.1, 0.15) is 17.2 Å². The summed E-state index contributed by atoms with van der Waals surface area (Å²) in [6.45, 7) is 0. The second-order valence-electron chi connectivity index (χ2n) is 8.11. The summed E-state index contributed by atoms with van der Waals surface area (Å²) in [6.07, 6.45) is -0.527. The van der Waals surface area contributed by atoms with Crippen LogP contribution in [-0.2, 0) is 25.5 Å². The first kappa shape index (κ1) is 23.2. The van der Waals surface area contributed by atoms with E-state index in [9.17, 15) is 19.5 Å². The van der Waals surface area contributed by atoms with E-state index in [0.29, 0.717) is 0 Å². The minimum atomic E-state index is -0.790. The van der Waals surface area contributed by atoms with Crippen molar-refractivity contribution in [2.75, 3.05) is 5.75 Å². The Balaban J connectivity index is 1.33. The maximum Gasteiger partial charge on any atom is 0.359 e. The van der Waals surface area contributed by atoms with Crippen LogP contribution in [0.4, 0.5) is 0 Å². The Kier molecular flexibility index (Phi) is 6.61. The molecule has 35 heavy (non-hydrogen) atoms. The van der Waals surface area contributed by atoms with Crippen LogP contribution in [0.25, 0.3) is 0 Å². The van der Waals surface area contributed by atoms with Crippen molar-refractivity contribution in [3.8, 4) is 0 Å². The van der Waals surface area contributed by atoms with Crippen LogP contribution in [0.15, 0.2) is 89.6 Å². The van der Waals surface area contributed by atoms with Crippen LogP contribution in [0.2, 0.25) is 0 Å². The second kappa shape index (κ2) is 9.97. The molecule has 9 heteroatoms. The van der Waals surface area contributed by atoms with Crippen molar-refractivity contribution < 1.29 is 24.2 Å². The van der Waals surface area contributed by atoms with Crippen LogP contribution < -0.4 is 5.32 Å². The molecule has 0 aliphatic carbocycles. The molecular weight excluding hydrogens is 484 g/mol. The van der Waals surface area contributed by atoms with E-state index < -0.39 is 29.4 Å². The van der Waals surface area contributed by atoms with Gasteiger partial charge in [0.25, 0.3) is 5.91 Å². The van der Waals surface area contributed by atoms with Crippen LogP contribution in [0.1, 0.15) is 22.1 Å². The summed E-state index contributed by atoms with van der Waals surface area (Å²) in [7, 11) is 0. The number of hydrogen-bond acceptors (Lipinski definition) is 7. The van der Waals surface area contributed by atoms with E-state index in [1.807, 2.05) is 78.2 Å². The number of thiophene rings is 1. The molecule has 2 amide bonds. The van der Waals surface area contributed by atoms with Gasteiger partial charge in [-0.1, -0.05) is 66.7 Å². The Bertz CT molecular complexity index is 1220. The van der Waals surface area contributed by atoms with Crippen molar-refractivity contribution in [1.82, 2.24) is 10.2 Å². The minimum Gasteiger partial charge on any atom is -0.509 e. The van der Waals surface area contributed by atoms with Gasteiger partial charge in [-0.15, -0.1) is 23.1 Å². The Labute approximate surface area is 210 Å². The number of fused-ring (bicyclic) bond motifs is 1. The van der Waals surface area contributed by atoms with Gasteiger partial charge in [0.15, 0.2) is 11.8 Å². The third-order valence-corrected chi connectivity index (χ3v) is 7.94. The highest BCUT2D eigenvalue weighted by Gasteiger charge is 2.55. The first-order valence-electron chi connectivity index (χ1n) is 11.0. The number of benzene rings is 2. The Morgan fingerprint density at radius 2 is 1.69 bits per heavy atom. The number of nitrogens with one attached hydrogen (secondary N) is 1. The number of rotatable bonds is 7. The predicted molar refractivity (Wildman–Crippen MR) is 134 cm³/mol. The summed E-state index contributed by atoms with van der Waals surface area (Å²) in [5.74, 6) is -1.58. The summed E-state index contributed by atoms with van der Waals surface area (Å²) in [5.41, 5.74) is 1.37. The molecule has 3 aromatic rings. The lowest BCUT2D eigenvalue weighted by molar-refractivity contribution is -0.155. The topological polar surface area (TPSA) is 95.9 Å². The number of amides is 2. The van der Waals surface area contributed by atoms with Gasteiger partial charge in [0.05, 0.1) is 12.2 Å². The molecule has 3 heterocycles. The zero-order valence-electron chi connectivity index (χ0n) is 18.5. The number of esters is 1. The number of thioether (sulfide) groups is 1. The van der Waals surface area contributed by atoms with Gasteiger partial charge >= 0.3 is 5.97 Å². The van der Waals surface area contributed by atoms with E-state index in [0.717, 1.165) is 16.0 Å². The van der Waals surface area contributed by atoms with E-state index in [4.69, 9.17) is 4.74 Å². The number of carbonyl (C=O) groups excluding carboxylic acids is 3. The van der Waals surface area contributed by atoms with E-state index in [1.54, 1.807) is 0 Å². The number of aliphatic hydroxyl groups is 1. The van der Waals surface area contributed by atoms with E-state index in [-0.39, 0.29) is 29.5 Å². The Morgan fingerprint density at radius 1 is 1.03 bits per heavy atom. The average Bonchev–Trinajstić information content (AvgIpc) is 3.39. The van der Waals surface area contributed by atoms with Gasteiger partial charge in [-0.2, -0.15) is 0 Å². The summed E-state index contributed by atoms with van der Waals surface area (Å²) < 4.78 is 5.87. The molecule has 0 saturated carbocycles. The fourth-order valence-electron chi connectivity index (χ4n) is 4.14. The van der Waals surface area contributed by atoms with E-state index in [2.05, 4.69) is 5.32 Å². The fourth-order valence-corrected chi connectivity index (χ4v) is 6.04. The maximum absolute atomic E-state index is 13.3. The normalized spacial score (nSPS) is 19.2. The molecule has 2 aliphatic rings. The summed E-state index contributed by atoms with van der Waals surface area (Å²) in [6, 6.07) is 21.5. The van der Waals surface area contributed by atoms with Crippen molar-refractivity contribution >= 4 is 40.9 Å². The van der Waals surface area contributed by atoms with Crippen LogP contribution in [0.3, 0.4) is 0 Å². The molecule has 1 aromatic heterocycles. The molecule has 178 valence electrons. The van der Waals surface area contributed by atoms with Crippen molar-refractivity contribution in [1.29, 1.82) is 0 Å². The number of carbonyl (C=O) groups is 3. The van der Waals surface area contributed by atoms with Gasteiger partial charge in [-0.05, 0) is 22.6 Å². The monoisotopic (exact) mass is 506 g/mol. The van der Waals surface area contributed by atoms with Crippen molar-refractivity contribution in [2.24, 2.45) is 0 Å². The first-order chi connectivity index (χ1) is 17.0. The summed E-state index contributed by atoms with van der Waals surface area (Å²) in [4.78, 5) is 40.8. The van der Waals surface area contributed by atoms with Crippen molar-refractivity contribution in [3.63, 3.8) is 0 Å². The SMILES string of the molecule is O=C(Cc1cccs1)NC1C(=O)N2C(C(=O)OC(c3ccccc3)c3ccccc3)=C(O)CS[C@H]12. The van der Waals surface area contributed by atoms with Crippen LogP contribution in [0, 0.1) is 0 Å². The quantitative estimate of drug-likeness (QED) is 0.374. The van der Waals surface area contributed by atoms with Crippen molar-refractivity contribution in [2.45, 2.75) is 23.9 Å². The van der Waals surface area contributed by atoms with Gasteiger partial charge in [0, 0.05) is 4.88 Å². The molecule has 0 radical (unpaired) electrons. The zero-order valence-corrected chi connectivity index (χ0v) is 20.1. The highest BCUT2D eigenvalue weighted by atomic mass is 32.2. The maximum atomic E-state index is 13.3. The van der Waals surface area contributed by atoms with E-state index >= 15 is 0 Å². The highest BCUT2D eigenvalue weighted by Crippen LogP contribution is 2.41. The molecule has 0 spiro atoms. The molecule has 2 N–H and O–H groups in total. The lowest BCUT2D eigenvalue weighted by Crippen LogP contribution is -2.70. The summed E-state index contributed by atoms with van der Waals surface area (Å²) >= 11 is 2.76. The molecule has 2 atom stereocenters. The first-order valence-corrected chi connectivity index (χ1v) is 12.9. The fraction of sp³-hybridized carbons (Fsp3) is 0.192. The van der Waals surface area contributed by atoms with Gasteiger partial charge in [0.2, 0.25) is 5.91 Å². The zero-order chi connectivity index (χ0) is 24.4. The van der Waals surface area contributed by atoms with Crippen molar-refractivity contribution in [3.05, 3.63) is 106 Å². The molecule has 0 bridgehead atoms. The smallest absolute Gasteiger partial charge is 0.359 e. The lowest BCUT2D eigenvalue weighted by Gasteiger charge is -2.48. The molecule has 1 unspecified atom stereocenters. The van der Waals surface area contributed by atoms with Gasteiger partial charge in [-0.25, -0.2) is 4.79 Å². The molecule has 2 aliphatic heterocycles.